The van der Waals surface area contributed by atoms with Crippen LogP contribution in [0.5, 0.6) is 0 Å². The molecule has 102 valence electrons. The van der Waals surface area contributed by atoms with Crippen molar-refractivity contribution >= 4 is 17.6 Å². The lowest BCUT2D eigenvalue weighted by molar-refractivity contribution is -0.128. The smallest absolute Gasteiger partial charge is 0.337 e. The Morgan fingerprint density at radius 2 is 2.05 bits per heavy atom. The van der Waals surface area contributed by atoms with Gasteiger partial charge in [-0.25, -0.2) is 4.79 Å². The van der Waals surface area contributed by atoms with E-state index in [2.05, 4.69) is 10.1 Å². The lowest BCUT2D eigenvalue weighted by atomic mass is 10.2. The molecule has 1 heterocycles. The minimum absolute atomic E-state index is 0.0981. The van der Waals surface area contributed by atoms with Crippen molar-refractivity contribution in [3.05, 3.63) is 29.8 Å². The number of ether oxygens (including phenoxy) is 1. The molecule has 19 heavy (non-hydrogen) atoms. The number of nitrogens with one attached hydrogen (secondary N) is 1. The number of likely N-dealkylation sites (tertiary alicyclic amines) is 1. The van der Waals surface area contributed by atoms with Gasteiger partial charge in [-0.1, -0.05) is 6.07 Å². The van der Waals surface area contributed by atoms with Gasteiger partial charge in [-0.3, -0.25) is 4.79 Å². The Bertz CT molecular complexity index is 468. The first-order valence-corrected chi connectivity index (χ1v) is 6.41. The summed E-state index contributed by atoms with van der Waals surface area (Å²) >= 11 is 0. The van der Waals surface area contributed by atoms with Crippen LogP contribution >= 0.6 is 0 Å². The van der Waals surface area contributed by atoms with Crippen LogP contribution in [0.3, 0.4) is 0 Å². The largest absolute Gasteiger partial charge is 0.465 e. The van der Waals surface area contributed by atoms with Gasteiger partial charge < -0.3 is 15.0 Å². The summed E-state index contributed by atoms with van der Waals surface area (Å²) in [5, 5.41) is 3.04. The maximum absolute atomic E-state index is 11.9. The van der Waals surface area contributed by atoms with E-state index in [0.717, 1.165) is 31.6 Å². The average molecular weight is 262 g/mol. The Morgan fingerprint density at radius 1 is 1.32 bits per heavy atom. The van der Waals surface area contributed by atoms with E-state index >= 15 is 0 Å². The Morgan fingerprint density at radius 3 is 2.74 bits per heavy atom. The molecule has 1 aromatic rings. The van der Waals surface area contributed by atoms with Gasteiger partial charge in [-0.05, 0) is 31.0 Å². The van der Waals surface area contributed by atoms with Crippen LogP contribution in [0.1, 0.15) is 23.2 Å². The Labute approximate surface area is 112 Å². The van der Waals surface area contributed by atoms with Crippen LogP contribution in [0.15, 0.2) is 24.3 Å². The quantitative estimate of drug-likeness (QED) is 0.836. The lowest BCUT2D eigenvalue weighted by Crippen LogP contribution is -2.32. The van der Waals surface area contributed by atoms with E-state index in [4.69, 9.17) is 0 Å². The standard InChI is InChI=1S/C14H18N2O3/c1-19-14(18)11-5-4-6-12(9-11)15-10-13(17)16-7-2-3-8-16/h4-6,9,15H,2-3,7-8,10H2,1H3. The van der Waals surface area contributed by atoms with Crippen molar-refractivity contribution in [1.29, 1.82) is 0 Å². The van der Waals surface area contributed by atoms with Gasteiger partial charge in [0.15, 0.2) is 0 Å². The monoisotopic (exact) mass is 262 g/mol. The molecule has 1 amide bonds. The van der Waals surface area contributed by atoms with Gasteiger partial charge in [-0.2, -0.15) is 0 Å². The first-order chi connectivity index (χ1) is 9.20. The lowest BCUT2D eigenvalue weighted by Gasteiger charge is -2.16. The Kier molecular flexibility index (Phi) is 4.39. The fourth-order valence-corrected chi connectivity index (χ4v) is 2.13. The number of anilines is 1. The second-order valence-corrected chi connectivity index (χ2v) is 4.51. The molecule has 1 fully saturated rings. The molecular weight excluding hydrogens is 244 g/mol. The highest BCUT2D eigenvalue weighted by Gasteiger charge is 2.17. The van der Waals surface area contributed by atoms with Crippen LogP contribution in [-0.4, -0.2) is 43.5 Å². The van der Waals surface area contributed by atoms with Crippen molar-refractivity contribution < 1.29 is 14.3 Å². The third-order valence-electron chi connectivity index (χ3n) is 3.19. The summed E-state index contributed by atoms with van der Waals surface area (Å²) in [5.41, 5.74) is 1.22. The van der Waals surface area contributed by atoms with E-state index in [0.29, 0.717) is 5.56 Å². The number of amides is 1. The number of hydrogen-bond donors (Lipinski definition) is 1. The third kappa shape index (κ3) is 3.47. The number of carbonyl (C=O) groups excluding carboxylic acids is 2. The summed E-state index contributed by atoms with van der Waals surface area (Å²) in [6.07, 6.45) is 2.17. The second-order valence-electron chi connectivity index (χ2n) is 4.51. The molecule has 0 saturated carbocycles. The zero-order valence-corrected chi connectivity index (χ0v) is 11.0. The van der Waals surface area contributed by atoms with E-state index in [9.17, 15) is 9.59 Å². The number of nitrogens with zero attached hydrogens (tertiary/aromatic N) is 1. The summed E-state index contributed by atoms with van der Waals surface area (Å²) < 4.78 is 4.66. The molecule has 1 aliphatic rings. The van der Waals surface area contributed by atoms with Gasteiger partial charge >= 0.3 is 5.97 Å². The number of benzene rings is 1. The summed E-state index contributed by atoms with van der Waals surface area (Å²) in [5.74, 6) is -0.282. The molecule has 1 N–H and O–H groups in total. The summed E-state index contributed by atoms with van der Waals surface area (Å²) in [7, 11) is 1.35. The fourth-order valence-electron chi connectivity index (χ4n) is 2.13. The van der Waals surface area contributed by atoms with E-state index < -0.39 is 0 Å². The van der Waals surface area contributed by atoms with Crippen LogP contribution in [-0.2, 0) is 9.53 Å². The molecule has 2 rings (SSSR count). The van der Waals surface area contributed by atoms with Gasteiger partial charge in [0.05, 0.1) is 19.2 Å². The average Bonchev–Trinajstić information content (AvgIpc) is 2.98. The van der Waals surface area contributed by atoms with E-state index in [1.54, 1.807) is 18.2 Å². The number of carbonyl (C=O) groups is 2. The van der Waals surface area contributed by atoms with Crippen molar-refractivity contribution in [2.45, 2.75) is 12.8 Å². The highest BCUT2D eigenvalue weighted by atomic mass is 16.5. The van der Waals surface area contributed by atoms with Crippen molar-refractivity contribution in [3.63, 3.8) is 0 Å². The predicted molar refractivity (Wildman–Crippen MR) is 72.1 cm³/mol. The SMILES string of the molecule is COC(=O)c1cccc(NCC(=O)N2CCCC2)c1. The topological polar surface area (TPSA) is 58.6 Å². The molecule has 5 nitrogen and oxygen atoms in total. The van der Waals surface area contributed by atoms with Gasteiger partial charge in [0, 0.05) is 18.8 Å². The van der Waals surface area contributed by atoms with E-state index in [-0.39, 0.29) is 18.4 Å². The first-order valence-electron chi connectivity index (χ1n) is 6.41. The summed E-state index contributed by atoms with van der Waals surface area (Å²) in [4.78, 5) is 25.1. The molecular formula is C14H18N2O3. The zero-order chi connectivity index (χ0) is 13.7. The Balaban J connectivity index is 1.92. The number of methoxy groups -OCH3 is 1. The van der Waals surface area contributed by atoms with Crippen LogP contribution < -0.4 is 5.32 Å². The summed E-state index contributed by atoms with van der Waals surface area (Å²) in [6, 6.07) is 6.95. The second kappa shape index (κ2) is 6.22. The van der Waals surface area contributed by atoms with Crippen molar-refractivity contribution in [1.82, 2.24) is 4.90 Å². The number of hydrogen-bond acceptors (Lipinski definition) is 4. The molecule has 1 saturated heterocycles. The molecule has 0 atom stereocenters. The predicted octanol–water partition coefficient (Wildman–Crippen LogP) is 1.51. The van der Waals surface area contributed by atoms with Crippen molar-refractivity contribution in [3.8, 4) is 0 Å². The number of rotatable bonds is 4. The van der Waals surface area contributed by atoms with Gasteiger partial charge in [-0.15, -0.1) is 0 Å². The van der Waals surface area contributed by atoms with Crippen LogP contribution in [0, 0.1) is 0 Å². The number of esters is 1. The van der Waals surface area contributed by atoms with Crippen LogP contribution in [0.25, 0.3) is 0 Å². The molecule has 0 aliphatic carbocycles. The molecule has 0 bridgehead atoms. The molecule has 0 spiro atoms. The van der Waals surface area contributed by atoms with Crippen LogP contribution in [0.2, 0.25) is 0 Å². The van der Waals surface area contributed by atoms with Crippen molar-refractivity contribution in [2.24, 2.45) is 0 Å². The zero-order valence-electron chi connectivity index (χ0n) is 11.0. The molecule has 1 aromatic carbocycles. The highest BCUT2D eigenvalue weighted by molar-refractivity contribution is 5.90. The van der Waals surface area contributed by atoms with Gasteiger partial charge in [0.1, 0.15) is 0 Å². The van der Waals surface area contributed by atoms with Gasteiger partial charge in [0.25, 0.3) is 0 Å². The Hall–Kier alpha value is -2.04. The highest BCUT2D eigenvalue weighted by Crippen LogP contribution is 2.12. The molecule has 0 radical (unpaired) electrons. The minimum atomic E-state index is -0.380. The molecule has 5 heteroatoms. The normalized spacial score (nSPS) is 14.3. The van der Waals surface area contributed by atoms with Gasteiger partial charge in [0.2, 0.25) is 5.91 Å². The molecule has 1 aliphatic heterocycles. The maximum Gasteiger partial charge on any atom is 0.337 e. The summed E-state index contributed by atoms with van der Waals surface area (Å²) in [6.45, 7) is 1.95. The third-order valence-corrected chi connectivity index (χ3v) is 3.19. The van der Waals surface area contributed by atoms with E-state index in [1.807, 2.05) is 11.0 Å². The minimum Gasteiger partial charge on any atom is -0.465 e. The maximum atomic E-state index is 11.9. The van der Waals surface area contributed by atoms with Crippen molar-refractivity contribution in [2.75, 3.05) is 32.1 Å². The van der Waals surface area contributed by atoms with Crippen LogP contribution in [0.4, 0.5) is 5.69 Å². The van der Waals surface area contributed by atoms with E-state index in [1.165, 1.54) is 7.11 Å². The molecule has 0 aromatic heterocycles. The first kappa shape index (κ1) is 13.4. The molecule has 0 unspecified atom stereocenters. The fraction of sp³-hybridized carbons (Fsp3) is 0.429.